The molecule has 2 unspecified atom stereocenters. The van der Waals surface area contributed by atoms with Gasteiger partial charge in [-0.3, -0.25) is 0 Å². The maximum absolute atomic E-state index is 3.82. The van der Waals surface area contributed by atoms with Crippen molar-refractivity contribution in [1.82, 2.24) is 4.90 Å². The van der Waals surface area contributed by atoms with Crippen molar-refractivity contribution in [2.45, 2.75) is 53.9 Å². The first-order valence-corrected chi connectivity index (χ1v) is 7.54. The summed E-state index contributed by atoms with van der Waals surface area (Å²) in [6, 6.07) is 0. The molecule has 0 heterocycles. The van der Waals surface area contributed by atoms with Crippen molar-refractivity contribution < 1.29 is 0 Å². The first-order chi connectivity index (χ1) is 8.80. The summed E-state index contributed by atoms with van der Waals surface area (Å²) in [6.07, 6.45) is 6.29. The minimum Gasteiger partial charge on any atom is -0.371 e. The lowest BCUT2D eigenvalue weighted by Gasteiger charge is -2.25. The standard InChI is InChI=1S/C18H31N/c1-8-17(15(4)5)19(7)13-16-12-18(16,6)11-9-10-14(2)3/h10,15-16H,1,9,11-13H2,2-7H3. The molecule has 0 spiro atoms. The fraction of sp³-hybridized carbons (Fsp3) is 0.722. The van der Waals surface area contributed by atoms with E-state index >= 15 is 0 Å². The van der Waals surface area contributed by atoms with Crippen LogP contribution in [0.3, 0.4) is 0 Å². The van der Waals surface area contributed by atoms with Gasteiger partial charge in [0.15, 0.2) is 0 Å². The van der Waals surface area contributed by atoms with Crippen LogP contribution < -0.4 is 0 Å². The minimum absolute atomic E-state index is 0.512. The van der Waals surface area contributed by atoms with Gasteiger partial charge in [-0.25, -0.2) is 0 Å². The van der Waals surface area contributed by atoms with Crippen LogP contribution in [0.2, 0.25) is 0 Å². The molecule has 0 bridgehead atoms. The van der Waals surface area contributed by atoms with Crippen LogP contribution in [0.5, 0.6) is 0 Å². The van der Waals surface area contributed by atoms with Gasteiger partial charge in [0.1, 0.15) is 0 Å². The van der Waals surface area contributed by atoms with Crippen molar-refractivity contribution >= 4 is 0 Å². The predicted molar refractivity (Wildman–Crippen MR) is 85.0 cm³/mol. The lowest BCUT2D eigenvalue weighted by molar-refractivity contribution is 0.326. The topological polar surface area (TPSA) is 3.24 Å². The van der Waals surface area contributed by atoms with E-state index < -0.39 is 0 Å². The van der Waals surface area contributed by atoms with Crippen molar-refractivity contribution in [3.63, 3.8) is 0 Å². The Kier molecular flexibility index (Phi) is 5.50. The first-order valence-electron chi connectivity index (χ1n) is 7.54. The number of nitrogens with zero attached hydrogens (tertiary/aromatic N) is 1. The fourth-order valence-electron chi connectivity index (χ4n) is 2.99. The average molecular weight is 261 g/mol. The molecule has 2 atom stereocenters. The van der Waals surface area contributed by atoms with Crippen LogP contribution in [0, 0.1) is 17.3 Å². The van der Waals surface area contributed by atoms with E-state index in [9.17, 15) is 0 Å². The Bertz CT molecular complexity index is 380. The van der Waals surface area contributed by atoms with Gasteiger partial charge in [0.25, 0.3) is 0 Å². The predicted octanol–water partition coefficient (Wildman–Crippen LogP) is 5.02. The average Bonchev–Trinajstić information content (AvgIpc) is 2.88. The van der Waals surface area contributed by atoms with Gasteiger partial charge < -0.3 is 4.90 Å². The van der Waals surface area contributed by atoms with Gasteiger partial charge in [-0.15, -0.1) is 5.73 Å². The lowest BCUT2D eigenvalue weighted by atomic mass is 9.98. The molecule has 1 heteroatoms. The van der Waals surface area contributed by atoms with Crippen LogP contribution in [0.15, 0.2) is 29.7 Å². The highest BCUT2D eigenvalue weighted by molar-refractivity contribution is 5.07. The third-order valence-corrected chi connectivity index (χ3v) is 4.44. The van der Waals surface area contributed by atoms with Gasteiger partial charge in [-0.1, -0.05) is 39.0 Å². The summed E-state index contributed by atoms with van der Waals surface area (Å²) in [6.45, 7) is 16.2. The molecule has 108 valence electrons. The first kappa shape index (κ1) is 16.1. The molecule has 19 heavy (non-hydrogen) atoms. The van der Waals surface area contributed by atoms with Gasteiger partial charge in [0.05, 0.1) is 5.70 Å². The van der Waals surface area contributed by atoms with E-state index in [-0.39, 0.29) is 0 Å². The second-order valence-corrected chi connectivity index (χ2v) is 6.97. The van der Waals surface area contributed by atoms with Gasteiger partial charge in [-0.05, 0) is 44.4 Å². The van der Waals surface area contributed by atoms with Crippen LogP contribution in [-0.2, 0) is 0 Å². The molecule has 0 amide bonds. The van der Waals surface area contributed by atoms with Crippen LogP contribution in [0.25, 0.3) is 0 Å². The number of allylic oxidation sites excluding steroid dienone is 3. The van der Waals surface area contributed by atoms with Crippen molar-refractivity contribution in [2.75, 3.05) is 13.6 Å². The zero-order chi connectivity index (χ0) is 14.6. The number of hydrogen-bond acceptors (Lipinski definition) is 1. The molecule has 0 aromatic rings. The highest BCUT2D eigenvalue weighted by Gasteiger charge is 2.49. The van der Waals surface area contributed by atoms with Crippen LogP contribution >= 0.6 is 0 Å². The SMILES string of the molecule is C=C=C(C(C)C)N(C)CC1CC1(C)CCC=C(C)C. The molecule has 0 saturated heterocycles. The summed E-state index contributed by atoms with van der Waals surface area (Å²) in [5.74, 6) is 1.35. The van der Waals surface area contributed by atoms with Crippen LogP contribution in [0.4, 0.5) is 0 Å². The van der Waals surface area contributed by atoms with E-state index in [0.29, 0.717) is 11.3 Å². The molecule has 0 aliphatic heterocycles. The Morgan fingerprint density at radius 2 is 2.11 bits per heavy atom. The smallest absolute Gasteiger partial charge is 0.0581 e. The summed E-state index contributed by atoms with van der Waals surface area (Å²) in [7, 11) is 2.18. The molecule has 1 fully saturated rings. The fourth-order valence-corrected chi connectivity index (χ4v) is 2.99. The van der Waals surface area contributed by atoms with E-state index in [1.807, 2.05) is 0 Å². The molecule has 0 aromatic carbocycles. The third kappa shape index (κ3) is 4.58. The molecule has 1 saturated carbocycles. The third-order valence-electron chi connectivity index (χ3n) is 4.44. The summed E-state index contributed by atoms with van der Waals surface area (Å²) < 4.78 is 0. The summed E-state index contributed by atoms with van der Waals surface area (Å²) >= 11 is 0. The van der Waals surface area contributed by atoms with Gasteiger partial charge in [-0.2, -0.15) is 0 Å². The highest BCUT2D eigenvalue weighted by Crippen LogP contribution is 2.56. The molecule has 0 aromatic heterocycles. The van der Waals surface area contributed by atoms with Crippen molar-refractivity contribution in [1.29, 1.82) is 0 Å². The number of hydrogen-bond donors (Lipinski definition) is 0. The zero-order valence-corrected chi connectivity index (χ0v) is 13.7. The normalized spacial score (nSPS) is 24.9. The van der Waals surface area contributed by atoms with E-state index in [0.717, 1.165) is 12.5 Å². The molecule has 0 radical (unpaired) electrons. The molecule has 0 N–H and O–H groups in total. The largest absolute Gasteiger partial charge is 0.371 e. The van der Waals surface area contributed by atoms with Gasteiger partial charge in [0.2, 0.25) is 0 Å². The monoisotopic (exact) mass is 261 g/mol. The second-order valence-electron chi connectivity index (χ2n) is 6.97. The van der Waals surface area contributed by atoms with E-state index in [2.05, 4.69) is 65.0 Å². The van der Waals surface area contributed by atoms with Crippen molar-refractivity contribution in [2.24, 2.45) is 17.3 Å². The second kappa shape index (κ2) is 6.48. The summed E-state index contributed by atoms with van der Waals surface area (Å²) in [5.41, 5.74) is 6.35. The van der Waals surface area contributed by atoms with Crippen molar-refractivity contribution in [3.05, 3.63) is 29.7 Å². The van der Waals surface area contributed by atoms with Gasteiger partial charge in [0, 0.05) is 19.5 Å². The highest BCUT2D eigenvalue weighted by atomic mass is 15.1. The van der Waals surface area contributed by atoms with E-state index in [1.165, 1.54) is 30.5 Å². The Balaban J connectivity index is 2.45. The number of rotatable bonds is 7. The summed E-state index contributed by atoms with van der Waals surface area (Å²) in [4.78, 5) is 2.36. The molecule has 1 nitrogen and oxygen atoms in total. The Morgan fingerprint density at radius 3 is 2.58 bits per heavy atom. The maximum Gasteiger partial charge on any atom is 0.0581 e. The molecular formula is C18H31N. The van der Waals surface area contributed by atoms with Crippen LogP contribution in [0.1, 0.15) is 53.9 Å². The molecule has 1 aliphatic rings. The van der Waals surface area contributed by atoms with E-state index in [1.54, 1.807) is 0 Å². The molecular weight excluding hydrogens is 230 g/mol. The summed E-state index contributed by atoms with van der Waals surface area (Å²) in [5, 5.41) is 0. The maximum atomic E-state index is 3.82. The van der Waals surface area contributed by atoms with Crippen molar-refractivity contribution in [3.8, 4) is 0 Å². The van der Waals surface area contributed by atoms with E-state index in [4.69, 9.17) is 0 Å². The lowest BCUT2D eigenvalue weighted by Crippen LogP contribution is -2.24. The quantitative estimate of drug-likeness (QED) is 0.459. The zero-order valence-electron chi connectivity index (χ0n) is 13.7. The minimum atomic E-state index is 0.512. The van der Waals surface area contributed by atoms with Crippen LogP contribution in [-0.4, -0.2) is 18.5 Å². The molecule has 1 rings (SSSR count). The van der Waals surface area contributed by atoms with Gasteiger partial charge >= 0.3 is 0 Å². The Labute approximate surface area is 120 Å². The Hall–Kier alpha value is -0.940. The Morgan fingerprint density at radius 1 is 1.47 bits per heavy atom. The molecule has 1 aliphatic carbocycles.